The van der Waals surface area contributed by atoms with Gasteiger partial charge in [-0.2, -0.15) is 0 Å². The number of aryl methyl sites for hydroxylation is 1. The summed E-state index contributed by atoms with van der Waals surface area (Å²) < 4.78 is 25.5. The molecule has 42 heavy (non-hydrogen) atoms. The van der Waals surface area contributed by atoms with E-state index in [1.54, 1.807) is 12.1 Å². The van der Waals surface area contributed by atoms with Crippen LogP contribution < -0.4 is 19.7 Å². The zero-order valence-corrected chi connectivity index (χ0v) is 23.6. The second-order valence-electron chi connectivity index (χ2n) is 10.6. The van der Waals surface area contributed by atoms with Crippen molar-refractivity contribution in [1.29, 1.82) is 0 Å². The highest BCUT2D eigenvalue weighted by atomic mass is 19.1. The van der Waals surface area contributed by atoms with E-state index >= 15 is 0 Å². The first-order chi connectivity index (χ1) is 20.3. The van der Waals surface area contributed by atoms with Crippen molar-refractivity contribution in [1.82, 2.24) is 29.7 Å². The molecule has 1 aromatic carbocycles. The van der Waals surface area contributed by atoms with Crippen molar-refractivity contribution in [3.63, 3.8) is 0 Å². The number of carbonyl (C=O) groups is 1. The fourth-order valence-electron chi connectivity index (χ4n) is 5.06. The minimum absolute atomic E-state index is 0.00848. The Morgan fingerprint density at radius 1 is 1.21 bits per heavy atom. The van der Waals surface area contributed by atoms with Crippen molar-refractivity contribution in [2.75, 3.05) is 57.1 Å². The molecule has 216 valence electrons. The number of piperazine rings is 1. The van der Waals surface area contributed by atoms with Crippen LogP contribution in [0, 0.1) is 12.7 Å². The lowest BCUT2D eigenvalue weighted by molar-refractivity contribution is -0.129. The van der Waals surface area contributed by atoms with Gasteiger partial charge in [-0.15, -0.1) is 0 Å². The maximum Gasteiger partial charge on any atom is 0.246 e. The maximum atomic E-state index is 13.5. The van der Waals surface area contributed by atoms with Crippen molar-refractivity contribution in [3.8, 4) is 17.2 Å². The van der Waals surface area contributed by atoms with Crippen molar-refractivity contribution in [2.45, 2.75) is 13.0 Å². The number of ether oxygens (including phenoxy) is 2. The number of pyridine rings is 2. The Bertz CT molecular complexity index is 1660. The van der Waals surface area contributed by atoms with Gasteiger partial charge in [0.15, 0.2) is 17.4 Å². The number of likely N-dealkylation sites (N-methyl/N-ethyl adjacent to an activating group) is 1. The molecule has 1 unspecified atom stereocenters. The summed E-state index contributed by atoms with van der Waals surface area (Å²) in [7, 11) is 3.93. The zero-order chi connectivity index (χ0) is 29.2. The van der Waals surface area contributed by atoms with Crippen LogP contribution in [0.3, 0.4) is 0 Å². The first-order valence-corrected chi connectivity index (χ1v) is 13.7. The van der Waals surface area contributed by atoms with Crippen LogP contribution in [-0.2, 0) is 4.79 Å². The number of fused-ring (bicyclic) bond motifs is 5. The van der Waals surface area contributed by atoms with Crippen LogP contribution in [0.1, 0.15) is 5.56 Å². The first kappa shape index (κ1) is 27.3. The molecule has 5 heterocycles. The van der Waals surface area contributed by atoms with E-state index < -0.39 is 5.82 Å². The largest absolute Gasteiger partial charge is 0.487 e. The highest BCUT2D eigenvalue weighted by Gasteiger charge is 2.35. The number of aromatic nitrogens is 4. The number of hydrogen-bond donors (Lipinski definition) is 1. The molecule has 1 saturated heterocycles. The molecule has 2 aliphatic heterocycles. The number of rotatable bonds is 7. The fourth-order valence-corrected chi connectivity index (χ4v) is 5.06. The Morgan fingerprint density at radius 3 is 2.90 bits per heavy atom. The van der Waals surface area contributed by atoms with E-state index in [0.717, 1.165) is 17.4 Å². The molecule has 1 atom stereocenters. The van der Waals surface area contributed by atoms with Crippen LogP contribution in [0.2, 0.25) is 0 Å². The topological polar surface area (TPSA) is 109 Å². The van der Waals surface area contributed by atoms with E-state index in [-0.39, 0.29) is 11.9 Å². The Hall–Kier alpha value is -4.84. The van der Waals surface area contributed by atoms with Gasteiger partial charge in [0.05, 0.1) is 24.0 Å². The van der Waals surface area contributed by atoms with Gasteiger partial charge in [-0.1, -0.05) is 6.08 Å². The lowest BCUT2D eigenvalue weighted by Gasteiger charge is -2.39. The number of halogens is 1. The number of hydrogen-bond acceptors (Lipinski definition) is 10. The summed E-state index contributed by atoms with van der Waals surface area (Å²) in [5.41, 5.74) is 2.86. The summed E-state index contributed by atoms with van der Waals surface area (Å²) in [6.07, 6.45) is 7.60. The van der Waals surface area contributed by atoms with Crippen molar-refractivity contribution in [2.24, 2.45) is 0 Å². The van der Waals surface area contributed by atoms with Gasteiger partial charge in [0.2, 0.25) is 5.91 Å². The van der Waals surface area contributed by atoms with Gasteiger partial charge in [0.25, 0.3) is 0 Å². The van der Waals surface area contributed by atoms with Gasteiger partial charge in [-0.05, 0) is 44.8 Å². The number of carbonyl (C=O) groups excluding carboxylic acids is 1. The van der Waals surface area contributed by atoms with Crippen LogP contribution in [0.5, 0.6) is 17.2 Å². The van der Waals surface area contributed by atoms with Gasteiger partial charge in [-0.25, -0.2) is 19.3 Å². The lowest BCUT2D eigenvalue weighted by Crippen LogP contribution is -2.56. The second-order valence-corrected chi connectivity index (χ2v) is 10.6. The SMILES string of the molecule is Cc1cc(Nc2ncnc3cc4c(nc23)N2CCN(C(=O)/C=C/CN(C)C)C(CO4)C2)ccc1Oc1cncc(F)c1. The van der Waals surface area contributed by atoms with E-state index in [0.29, 0.717) is 72.7 Å². The standard InChI is InChI=1S/C30H31FN8O3/c1-19-11-21(6-7-25(19)42-23-12-20(31)14-32-15-23)35-29-28-24(33-18-34-29)13-26-30(36-28)38-9-10-39(22(16-38)17-41-26)27(40)5-4-8-37(2)3/h4-7,11-15,18,22H,8-10,16-17H2,1-3H3,(H,33,34,35)/b5-4+. The molecule has 0 saturated carbocycles. The predicted octanol–water partition coefficient (Wildman–Crippen LogP) is 3.93. The Labute approximate surface area is 242 Å². The number of nitrogens with one attached hydrogen (secondary N) is 1. The quantitative estimate of drug-likeness (QED) is 0.328. The molecule has 4 aromatic rings. The molecule has 0 aliphatic carbocycles. The monoisotopic (exact) mass is 570 g/mol. The average molecular weight is 571 g/mol. The smallest absolute Gasteiger partial charge is 0.246 e. The third-order valence-electron chi connectivity index (χ3n) is 7.13. The number of anilines is 3. The summed E-state index contributed by atoms with van der Waals surface area (Å²) in [5, 5.41) is 3.35. The Morgan fingerprint density at radius 2 is 2.10 bits per heavy atom. The Kier molecular flexibility index (Phi) is 7.53. The minimum Gasteiger partial charge on any atom is -0.487 e. The molecule has 1 fully saturated rings. The third kappa shape index (κ3) is 5.79. The summed E-state index contributed by atoms with van der Waals surface area (Å²) in [6.45, 7) is 4.82. The molecule has 6 rings (SSSR count). The number of benzene rings is 1. The predicted molar refractivity (Wildman–Crippen MR) is 157 cm³/mol. The van der Waals surface area contributed by atoms with Gasteiger partial charge in [-0.3, -0.25) is 9.78 Å². The Balaban J connectivity index is 1.22. The molecule has 2 bridgehead atoms. The molecular weight excluding hydrogens is 539 g/mol. The van der Waals surface area contributed by atoms with Crippen LogP contribution in [0.25, 0.3) is 11.0 Å². The van der Waals surface area contributed by atoms with E-state index in [1.165, 1.54) is 18.6 Å². The molecule has 11 nitrogen and oxygen atoms in total. The molecule has 0 radical (unpaired) electrons. The third-order valence-corrected chi connectivity index (χ3v) is 7.13. The van der Waals surface area contributed by atoms with E-state index in [2.05, 4.69) is 25.2 Å². The van der Waals surface area contributed by atoms with Crippen LogP contribution >= 0.6 is 0 Å². The maximum absolute atomic E-state index is 13.5. The summed E-state index contributed by atoms with van der Waals surface area (Å²) in [5.74, 6) is 2.32. The lowest BCUT2D eigenvalue weighted by atomic mass is 10.1. The number of nitrogens with zero attached hydrogens (tertiary/aromatic N) is 7. The van der Waals surface area contributed by atoms with Crippen molar-refractivity contribution < 1.29 is 18.7 Å². The van der Waals surface area contributed by atoms with Crippen molar-refractivity contribution >= 4 is 34.3 Å². The van der Waals surface area contributed by atoms with Crippen LogP contribution in [0.15, 0.2) is 61.2 Å². The molecule has 3 aromatic heterocycles. The molecule has 0 spiro atoms. The summed E-state index contributed by atoms with van der Waals surface area (Å²) in [6, 6.07) is 8.63. The summed E-state index contributed by atoms with van der Waals surface area (Å²) >= 11 is 0. The summed E-state index contributed by atoms with van der Waals surface area (Å²) in [4.78, 5) is 36.6. The van der Waals surface area contributed by atoms with Gasteiger partial charge in [0.1, 0.15) is 35.8 Å². The fraction of sp³-hybridized carbons (Fsp3) is 0.300. The minimum atomic E-state index is -0.464. The van der Waals surface area contributed by atoms with Gasteiger partial charge >= 0.3 is 0 Å². The van der Waals surface area contributed by atoms with Crippen molar-refractivity contribution in [3.05, 3.63) is 72.6 Å². The van der Waals surface area contributed by atoms with Gasteiger partial charge in [0, 0.05) is 50.1 Å². The molecular formula is C30H31FN8O3. The van der Waals surface area contributed by atoms with E-state index in [4.69, 9.17) is 14.5 Å². The molecule has 1 amide bonds. The highest BCUT2D eigenvalue weighted by Crippen LogP contribution is 2.36. The zero-order valence-electron chi connectivity index (χ0n) is 23.6. The van der Waals surface area contributed by atoms with E-state index in [9.17, 15) is 9.18 Å². The number of amides is 1. The van der Waals surface area contributed by atoms with Gasteiger partial charge < -0.3 is 29.5 Å². The highest BCUT2D eigenvalue weighted by molar-refractivity contribution is 5.90. The first-order valence-electron chi connectivity index (χ1n) is 13.7. The normalized spacial score (nSPS) is 16.4. The van der Waals surface area contributed by atoms with E-state index in [1.807, 2.05) is 55.1 Å². The van der Waals surface area contributed by atoms with Crippen LogP contribution in [0.4, 0.5) is 21.7 Å². The second kappa shape index (κ2) is 11.6. The average Bonchev–Trinajstić information content (AvgIpc) is 3.09. The molecule has 12 heteroatoms. The molecule has 1 N–H and O–H groups in total. The molecule has 2 aliphatic rings. The van der Waals surface area contributed by atoms with Crippen LogP contribution in [-0.4, -0.2) is 88.6 Å².